The zero-order valence-corrected chi connectivity index (χ0v) is 17.9. The fraction of sp³-hybridized carbons (Fsp3) is 0.130. The number of hydrazine groups is 1. The molecule has 3 aromatic rings. The van der Waals surface area contributed by atoms with Crippen LogP contribution in [0.3, 0.4) is 0 Å². The topological polar surface area (TPSA) is 67.4 Å². The minimum absolute atomic E-state index is 0.231. The van der Waals surface area contributed by atoms with Crippen LogP contribution in [0.4, 0.5) is 0 Å². The van der Waals surface area contributed by atoms with E-state index in [1.165, 1.54) is 11.8 Å². The van der Waals surface area contributed by atoms with Crippen LogP contribution in [0.5, 0.6) is 5.75 Å². The summed E-state index contributed by atoms with van der Waals surface area (Å²) >= 11 is 7.58. The number of thioether (sulfide) groups is 1. The number of para-hydroxylation sites is 1. The molecule has 2 N–H and O–H groups in total. The van der Waals surface area contributed by atoms with Gasteiger partial charge in [-0.2, -0.15) is 0 Å². The zero-order valence-electron chi connectivity index (χ0n) is 16.4. The lowest BCUT2D eigenvalue weighted by Gasteiger charge is -2.13. The monoisotopic (exact) mass is 440 g/mol. The number of benzene rings is 3. The van der Waals surface area contributed by atoms with Gasteiger partial charge in [-0.05, 0) is 41.6 Å². The maximum absolute atomic E-state index is 12.3. The van der Waals surface area contributed by atoms with Crippen molar-refractivity contribution < 1.29 is 14.3 Å². The predicted octanol–water partition coefficient (Wildman–Crippen LogP) is 4.49. The van der Waals surface area contributed by atoms with E-state index in [4.69, 9.17) is 16.3 Å². The van der Waals surface area contributed by atoms with Gasteiger partial charge in [-0.15, -0.1) is 11.8 Å². The molecule has 0 saturated carbocycles. The molecule has 0 aliphatic carbocycles. The minimum Gasteiger partial charge on any atom is -0.483 e. The molecule has 3 rings (SSSR count). The van der Waals surface area contributed by atoms with Crippen molar-refractivity contribution in [1.29, 1.82) is 0 Å². The van der Waals surface area contributed by atoms with Crippen LogP contribution in [0.2, 0.25) is 5.02 Å². The summed E-state index contributed by atoms with van der Waals surface area (Å²) in [7, 11) is 0. The third kappa shape index (κ3) is 6.02. The van der Waals surface area contributed by atoms with E-state index in [1.807, 2.05) is 66.9 Å². The number of halogens is 1. The fourth-order valence-corrected chi connectivity index (χ4v) is 3.43. The van der Waals surface area contributed by atoms with Gasteiger partial charge in [0, 0.05) is 11.3 Å². The van der Waals surface area contributed by atoms with Crippen molar-refractivity contribution in [2.24, 2.45) is 0 Å². The van der Waals surface area contributed by atoms with Crippen molar-refractivity contribution >= 4 is 35.2 Å². The first-order valence-corrected chi connectivity index (χ1v) is 10.8. The normalized spacial score (nSPS) is 10.3. The third-order valence-corrected chi connectivity index (χ3v) is 5.36. The summed E-state index contributed by atoms with van der Waals surface area (Å²) in [6, 6.07) is 22.7. The van der Waals surface area contributed by atoms with Crippen LogP contribution in [-0.4, -0.2) is 24.7 Å². The van der Waals surface area contributed by atoms with Crippen LogP contribution < -0.4 is 15.6 Å². The van der Waals surface area contributed by atoms with Crippen molar-refractivity contribution in [2.75, 3.05) is 12.9 Å². The highest BCUT2D eigenvalue weighted by Crippen LogP contribution is 2.23. The Kier molecular flexibility index (Phi) is 7.76. The summed E-state index contributed by atoms with van der Waals surface area (Å²) in [5, 5.41) is 0.311. The van der Waals surface area contributed by atoms with Gasteiger partial charge in [-0.3, -0.25) is 20.4 Å². The number of hydrogen-bond acceptors (Lipinski definition) is 4. The number of amides is 2. The molecule has 3 aromatic carbocycles. The quantitative estimate of drug-likeness (QED) is 0.419. The zero-order chi connectivity index (χ0) is 21.3. The molecular formula is C23H21ClN2O3S. The average Bonchev–Trinajstić information content (AvgIpc) is 2.78. The number of carbonyl (C=O) groups excluding carboxylic acids is 2. The predicted molar refractivity (Wildman–Crippen MR) is 120 cm³/mol. The van der Waals surface area contributed by atoms with E-state index in [0.29, 0.717) is 17.2 Å². The average molecular weight is 441 g/mol. The highest BCUT2D eigenvalue weighted by Gasteiger charge is 2.13. The first-order chi connectivity index (χ1) is 14.6. The number of carbonyl (C=O) groups is 2. The number of ether oxygens (including phenoxy) is 1. The lowest BCUT2D eigenvalue weighted by atomic mass is 10.0. The summed E-state index contributed by atoms with van der Waals surface area (Å²) in [4.78, 5) is 25.3. The van der Waals surface area contributed by atoms with Gasteiger partial charge in [-0.25, -0.2) is 0 Å². The van der Waals surface area contributed by atoms with Gasteiger partial charge in [0.2, 0.25) is 0 Å². The molecule has 30 heavy (non-hydrogen) atoms. The molecule has 0 atom stereocenters. The van der Waals surface area contributed by atoms with Crippen molar-refractivity contribution in [3.05, 3.63) is 94.5 Å². The van der Waals surface area contributed by atoms with E-state index in [9.17, 15) is 9.59 Å². The molecule has 0 unspecified atom stereocenters. The highest BCUT2D eigenvalue weighted by molar-refractivity contribution is 7.98. The third-order valence-electron chi connectivity index (χ3n) is 4.30. The summed E-state index contributed by atoms with van der Waals surface area (Å²) in [6.07, 6.45) is 2.60. The number of nitrogens with one attached hydrogen (secondary N) is 2. The number of hydrogen-bond donors (Lipinski definition) is 2. The molecule has 0 radical (unpaired) electrons. The standard InChI is InChI=1S/C23H21ClN2O3S/c1-30-18-11-12-20(24)19(14-18)23(28)26-25-22(27)15-29-21-10-6-5-9-17(21)13-16-7-3-2-4-8-16/h2-12,14H,13,15H2,1H3,(H,25,27)(H,26,28). The number of rotatable bonds is 7. The smallest absolute Gasteiger partial charge is 0.276 e. The molecule has 2 amide bonds. The molecule has 0 spiro atoms. The van der Waals surface area contributed by atoms with Crippen LogP contribution in [0.25, 0.3) is 0 Å². The Morgan fingerprint density at radius 3 is 2.47 bits per heavy atom. The van der Waals surface area contributed by atoms with Gasteiger partial charge in [0.1, 0.15) is 5.75 Å². The van der Waals surface area contributed by atoms with Gasteiger partial charge >= 0.3 is 0 Å². The van der Waals surface area contributed by atoms with Gasteiger partial charge in [0.25, 0.3) is 11.8 Å². The first-order valence-electron chi connectivity index (χ1n) is 9.24. The molecule has 7 heteroatoms. The summed E-state index contributed by atoms with van der Waals surface area (Å²) in [5.74, 6) is -0.345. The molecule has 5 nitrogen and oxygen atoms in total. The van der Waals surface area contributed by atoms with E-state index in [-0.39, 0.29) is 12.2 Å². The molecule has 0 aromatic heterocycles. The Bertz CT molecular complexity index is 1030. The Morgan fingerprint density at radius 2 is 1.70 bits per heavy atom. The van der Waals surface area contributed by atoms with Crippen LogP contribution >= 0.6 is 23.4 Å². The van der Waals surface area contributed by atoms with Crippen molar-refractivity contribution in [1.82, 2.24) is 10.9 Å². The molecule has 0 aliphatic rings. The second kappa shape index (κ2) is 10.7. The Morgan fingerprint density at radius 1 is 0.967 bits per heavy atom. The summed E-state index contributed by atoms with van der Waals surface area (Å²) < 4.78 is 5.68. The molecule has 0 bridgehead atoms. The van der Waals surface area contributed by atoms with E-state index in [0.717, 1.165) is 16.0 Å². The van der Waals surface area contributed by atoms with Gasteiger partial charge in [-0.1, -0.05) is 60.1 Å². The van der Waals surface area contributed by atoms with E-state index in [1.54, 1.807) is 12.1 Å². The summed E-state index contributed by atoms with van der Waals surface area (Å²) in [6.45, 7) is -0.231. The lowest BCUT2D eigenvalue weighted by molar-refractivity contribution is -0.123. The first kappa shape index (κ1) is 21.7. The molecule has 0 aliphatic heterocycles. The molecular weight excluding hydrogens is 420 g/mol. The van der Waals surface area contributed by atoms with Crippen LogP contribution in [0.1, 0.15) is 21.5 Å². The maximum Gasteiger partial charge on any atom is 0.276 e. The molecule has 154 valence electrons. The second-order valence-corrected chi connectivity index (χ2v) is 7.69. The largest absolute Gasteiger partial charge is 0.483 e. The highest BCUT2D eigenvalue weighted by atomic mass is 35.5. The van der Waals surface area contributed by atoms with E-state index >= 15 is 0 Å². The maximum atomic E-state index is 12.3. The molecule has 0 saturated heterocycles. The summed E-state index contributed by atoms with van der Waals surface area (Å²) in [5.41, 5.74) is 7.14. The molecule has 0 fully saturated rings. The van der Waals surface area contributed by atoms with E-state index in [2.05, 4.69) is 10.9 Å². The molecule has 0 heterocycles. The van der Waals surface area contributed by atoms with Crippen molar-refractivity contribution in [3.63, 3.8) is 0 Å². The Hall–Kier alpha value is -2.96. The second-order valence-electron chi connectivity index (χ2n) is 6.41. The van der Waals surface area contributed by atoms with Crippen LogP contribution in [0, 0.1) is 0 Å². The fourth-order valence-electron chi connectivity index (χ4n) is 2.79. The Balaban J connectivity index is 1.55. The van der Waals surface area contributed by atoms with E-state index < -0.39 is 11.8 Å². The lowest BCUT2D eigenvalue weighted by Crippen LogP contribution is -2.44. The minimum atomic E-state index is -0.492. The van der Waals surface area contributed by atoms with Crippen LogP contribution in [-0.2, 0) is 11.2 Å². The van der Waals surface area contributed by atoms with Gasteiger partial charge in [0.05, 0.1) is 10.6 Å². The van der Waals surface area contributed by atoms with Crippen molar-refractivity contribution in [2.45, 2.75) is 11.3 Å². The van der Waals surface area contributed by atoms with Crippen molar-refractivity contribution in [3.8, 4) is 5.75 Å². The van der Waals surface area contributed by atoms with Gasteiger partial charge in [0.15, 0.2) is 6.61 Å². The van der Waals surface area contributed by atoms with Crippen LogP contribution in [0.15, 0.2) is 77.7 Å². The Labute approximate surface area is 184 Å². The SMILES string of the molecule is CSc1ccc(Cl)c(C(=O)NNC(=O)COc2ccccc2Cc2ccccc2)c1. The van der Waals surface area contributed by atoms with Gasteiger partial charge < -0.3 is 4.74 Å².